The fourth-order valence-corrected chi connectivity index (χ4v) is 5.79. The number of rotatable bonds is 7. The largest absolute Gasteiger partial charge is 0.496 e. The highest BCUT2D eigenvalue weighted by atomic mass is 32.2. The second-order valence-corrected chi connectivity index (χ2v) is 9.48. The molecule has 2 atom stereocenters. The van der Waals surface area contributed by atoms with Gasteiger partial charge < -0.3 is 20.3 Å². The number of hydrogen-bond acceptors (Lipinski definition) is 7. The zero-order valence-electron chi connectivity index (χ0n) is 18.2. The van der Waals surface area contributed by atoms with Crippen LogP contribution in [0.2, 0.25) is 0 Å². The highest BCUT2D eigenvalue weighted by Gasteiger charge is 2.34. The van der Waals surface area contributed by atoms with E-state index in [1.165, 1.54) is 30.0 Å². The first-order valence-electron chi connectivity index (χ1n) is 10.4. The molecule has 1 aliphatic heterocycles. The van der Waals surface area contributed by atoms with Gasteiger partial charge >= 0.3 is 0 Å². The van der Waals surface area contributed by atoms with Crippen LogP contribution in [0.1, 0.15) is 28.9 Å². The molecule has 2 aromatic heterocycles. The minimum atomic E-state index is -0.552. The second kappa shape index (κ2) is 10.2. The molecule has 2 N–H and O–H groups in total. The smallest absolute Gasteiger partial charge is 0.253 e. The molecular formula is C23H24N4O4S2. The standard InChI is InChI=1S/C23H24N4O4S2/c1-14(28)27-13-32-12-19(27)23(30)26-18(16-5-3-4-6-20(16)31-2)10-25-22(29)17-9-24-11-21-15(17)7-8-33-21/h3-9,11,18-19H,10,12-13H2,1-2H3,(H,25,29)(H,26,30)/t18?,19-/m1/s1. The van der Waals surface area contributed by atoms with E-state index in [0.717, 1.165) is 15.6 Å². The monoisotopic (exact) mass is 484 g/mol. The lowest BCUT2D eigenvalue weighted by Crippen LogP contribution is -2.49. The number of thioether (sulfide) groups is 1. The molecule has 8 nitrogen and oxygen atoms in total. The predicted octanol–water partition coefficient (Wildman–Crippen LogP) is 2.81. The fraction of sp³-hybridized carbons (Fsp3) is 0.304. The van der Waals surface area contributed by atoms with E-state index in [9.17, 15) is 14.4 Å². The van der Waals surface area contributed by atoms with Crippen molar-refractivity contribution in [2.24, 2.45) is 0 Å². The Hall–Kier alpha value is -3.11. The third-order valence-corrected chi connectivity index (χ3v) is 7.38. The molecule has 0 bridgehead atoms. The normalized spacial score (nSPS) is 16.4. The van der Waals surface area contributed by atoms with Crippen LogP contribution >= 0.6 is 23.1 Å². The Bertz CT molecular complexity index is 1180. The van der Waals surface area contributed by atoms with Crippen LogP contribution in [0.3, 0.4) is 0 Å². The van der Waals surface area contributed by atoms with Crippen molar-refractivity contribution >= 4 is 50.9 Å². The van der Waals surface area contributed by atoms with Gasteiger partial charge in [0.2, 0.25) is 11.8 Å². The average Bonchev–Trinajstić information content (AvgIpc) is 3.51. The number of amides is 3. The third-order valence-electron chi connectivity index (χ3n) is 5.51. The zero-order valence-corrected chi connectivity index (χ0v) is 19.9. The first kappa shape index (κ1) is 23.1. The number of fused-ring (bicyclic) bond motifs is 1. The van der Waals surface area contributed by atoms with Crippen LogP contribution in [0.5, 0.6) is 5.75 Å². The number of para-hydroxylation sites is 1. The minimum absolute atomic E-state index is 0.140. The van der Waals surface area contributed by atoms with E-state index in [4.69, 9.17) is 4.74 Å². The maximum atomic E-state index is 13.1. The van der Waals surface area contributed by atoms with Crippen LogP contribution in [0.25, 0.3) is 10.1 Å². The van der Waals surface area contributed by atoms with Crippen LogP contribution in [0, 0.1) is 0 Å². The molecule has 0 saturated carbocycles. The highest BCUT2D eigenvalue weighted by molar-refractivity contribution is 7.99. The molecule has 33 heavy (non-hydrogen) atoms. The third kappa shape index (κ3) is 4.96. The van der Waals surface area contributed by atoms with E-state index in [-0.39, 0.29) is 24.3 Å². The van der Waals surface area contributed by atoms with Crippen molar-refractivity contribution in [2.45, 2.75) is 19.0 Å². The van der Waals surface area contributed by atoms with Crippen molar-refractivity contribution in [1.29, 1.82) is 0 Å². The van der Waals surface area contributed by atoms with Crippen molar-refractivity contribution in [1.82, 2.24) is 20.5 Å². The summed E-state index contributed by atoms with van der Waals surface area (Å²) in [6.45, 7) is 1.61. The molecule has 1 aromatic carbocycles. The summed E-state index contributed by atoms with van der Waals surface area (Å²) in [7, 11) is 1.56. The molecule has 3 amide bonds. The van der Waals surface area contributed by atoms with Gasteiger partial charge in [-0.2, -0.15) is 0 Å². The number of nitrogens with zero attached hydrogens (tertiary/aromatic N) is 2. The van der Waals surface area contributed by atoms with Crippen LogP contribution in [0.4, 0.5) is 0 Å². The van der Waals surface area contributed by atoms with E-state index >= 15 is 0 Å². The first-order valence-corrected chi connectivity index (χ1v) is 12.4. The van der Waals surface area contributed by atoms with Crippen molar-refractivity contribution in [3.05, 3.63) is 59.2 Å². The van der Waals surface area contributed by atoms with E-state index in [1.54, 1.807) is 30.5 Å². The summed E-state index contributed by atoms with van der Waals surface area (Å²) >= 11 is 3.06. The summed E-state index contributed by atoms with van der Waals surface area (Å²) in [5.41, 5.74) is 1.22. The molecule has 0 aliphatic carbocycles. The molecule has 1 aliphatic rings. The van der Waals surface area contributed by atoms with E-state index in [0.29, 0.717) is 22.9 Å². The van der Waals surface area contributed by atoms with Gasteiger partial charge in [-0.15, -0.1) is 23.1 Å². The summed E-state index contributed by atoms with van der Waals surface area (Å²) in [4.78, 5) is 43.7. The molecular weight excluding hydrogens is 460 g/mol. The predicted molar refractivity (Wildman–Crippen MR) is 129 cm³/mol. The molecule has 10 heteroatoms. The number of methoxy groups -OCH3 is 1. The Kier molecular flexibility index (Phi) is 7.14. The fourth-order valence-electron chi connectivity index (χ4n) is 3.79. The Labute approximate surface area is 199 Å². The molecule has 0 spiro atoms. The Morgan fingerprint density at radius 3 is 2.85 bits per heavy atom. The quantitative estimate of drug-likeness (QED) is 0.535. The number of hydrogen-bond donors (Lipinski definition) is 2. The van der Waals surface area contributed by atoms with Gasteiger partial charge in [-0.3, -0.25) is 19.4 Å². The van der Waals surface area contributed by atoms with Gasteiger partial charge in [0, 0.05) is 42.6 Å². The lowest BCUT2D eigenvalue weighted by Gasteiger charge is -2.26. The summed E-state index contributed by atoms with van der Waals surface area (Å²) in [5, 5.41) is 8.71. The minimum Gasteiger partial charge on any atom is -0.496 e. The summed E-state index contributed by atoms with van der Waals surface area (Å²) in [6.07, 6.45) is 3.27. The number of carbonyl (C=O) groups excluding carboxylic acids is 3. The summed E-state index contributed by atoms with van der Waals surface area (Å²) < 4.78 is 6.42. The number of ether oxygens (including phenoxy) is 1. The number of carbonyl (C=O) groups is 3. The summed E-state index contributed by atoms with van der Waals surface area (Å²) in [5.74, 6) is 0.939. The molecule has 1 unspecified atom stereocenters. The molecule has 1 saturated heterocycles. The van der Waals surface area contributed by atoms with Gasteiger partial charge in [0.1, 0.15) is 11.8 Å². The van der Waals surface area contributed by atoms with Crippen LogP contribution in [0.15, 0.2) is 48.1 Å². The molecule has 3 heterocycles. The van der Waals surface area contributed by atoms with E-state index < -0.39 is 12.1 Å². The Balaban J connectivity index is 1.55. The number of nitrogens with one attached hydrogen (secondary N) is 2. The van der Waals surface area contributed by atoms with Crippen LogP contribution < -0.4 is 15.4 Å². The van der Waals surface area contributed by atoms with Gasteiger partial charge in [0.25, 0.3) is 5.91 Å². The highest BCUT2D eigenvalue weighted by Crippen LogP contribution is 2.27. The maximum Gasteiger partial charge on any atom is 0.253 e. The molecule has 1 fully saturated rings. The second-order valence-electron chi connectivity index (χ2n) is 7.54. The molecule has 0 radical (unpaired) electrons. The van der Waals surface area contributed by atoms with Gasteiger partial charge in [-0.25, -0.2) is 0 Å². The number of benzene rings is 1. The molecule has 3 aromatic rings. The van der Waals surface area contributed by atoms with E-state index in [1.807, 2.05) is 29.6 Å². The number of pyridine rings is 1. The lowest BCUT2D eigenvalue weighted by atomic mass is 10.0. The van der Waals surface area contributed by atoms with Crippen molar-refractivity contribution in [3.63, 3.8) is 0 Å². The lowest BCUT2D eigenvalue weighted by molar-refractivity contribution is -0.136. The average molecular weight is 485 g/mol. The van der Waals surface area contributed by atoms with Gasteiger partial charge in [0.15, 0.2) is 0 Å². The topological polar surface area (TPSA) is 101 Å². The SMILES string of the molecule is COc1ccccc1C(CNC(=O)c1cncc2sccc12)NC(=O)[C@H]1CSCN1C(C)=O. The number of aromatic nitrogens is 1. The van der Waals surface area contributed by atoms with Crippen molar-refractivity contribution in [3.8, 4) is 5.75 Å². The Morgan fingerprint density at radius 1 is 1.24 bits per heavy atom. The zero-order chi connectivity index (χ0) is 23.4. The van der Waals surface area contributed by atoms with E-state index in [2.05, 4.69) is 15.6 Å². The van der Waals surface area contributed by atoms with Gasteiger partial charge in [-0.05, 0) is 17.5 Å². The van der Waals surface area contributed by atoms with Crippen LogP contribution in [-0.2, 0) is 9.59 Å². The maximum absolute atomic E-state index is 13.1. The summed E-state index contributed by atoms with van der Waals surface area (Å²) in [6, 6.07) is 8.14. The Morgan fingerprint density at radius 2 is 2.06 bits per heavy atom. The van der Waals surface area contributed by atoms with Crippen LogP contribution in [-0.4, -0.2) is 58.9 Å². The van der Waals surface area contributed by atoms with Gasteiger partial charge in [-0.1, -0.05) is 18.2 Å². The first-order chi connectivity index (χ1) is 16.0. The number of thiophene rings is 1. The molecule has 4 rings (SSSR count). The van der Waals surface area contributed by atoms with Crippen molar-refractivity contribution < 1.29 is 19.1 Å². The van der Waals surface area contributed by atoms with Gasteiger partial charge in [0.05, 0.1) is 29.3 Å². The van der Waals surface area contributed by atoms with Crippen molar-refractivity contribution in [2.75, 3.05) is 25.3 Å². The molecule has 172 valence electrons.